The van der Waals surface area contributed by atoms with Gasteiger partial charge in [-0.05, 0) is 24.6 Å². The molecule has 20 heavy (non-hydrogen) atoms. The van der Waals surface area contributed by atoms with Gasteiger partial charge in [0.15, 0.2) is 0 Å². The number of aromatic amines is 1. The molecule has 0 aliphatic rings. The van der Waals surface area contributed by atoms with Gasteiger partial charge in [0.05, 0.1) is 10.8 Å². The van der Waals surface area contributed by atoms with Crippen LogP contribution in [0.25, 0.3) is 21.3 Å². The first-order valence-corrected chi connectivity index (χ1v) is 8.08. The first-order valence-electron chi connectivity index (χ1n) is 5.97. The van der Waals surface area contributed by atoms with E-state index in [1.807, 2.05) is 29.6 Å². The van der Waals surface area contributed by atoms with Crippen LogP contribution >= 0.6 is 38.9 Å². The third-order valence-corrected chi connectivity index (χ3v) is 4.55. The maximum absolute atomic E-state index is 12.3. The van der Waals surface area contributed by atoms with Gasteiger partial charge in [-0.3, -0.25) is 4.79 Å². The topological polar surface area (TPSA) is 45.8 Å². The van der Waals surface area contributed by atoms with Crippen molar-refractivity contribution in [1.29, 1.82) is 0 Å². The second kappa shape index (κ2) is 5.31. The molecule has 3 rings (SSSR count). The van der Waals surface area contributed by atoms with Crippen LogP contribution in [0, 0.1) is 0 Å². The van der Waals surface area contributed by atoms with E-state index in [4.69, 9.17) is 11.6 Å². The van der Waals surface area contributed by atoms with Crippen LogP contribution in [0.5, 0.6) is 0 Å². The van der Waals surface area contributed by atoms with E-state index < -0.39 is 0 Å². The zero-order valence-electron chi connectivity index (χ0n) is 10.5. The Morgan fingerprint density at radius 3 is 2.95 bits per heavy atom. The summed E-state index contributed by atoms with van der Waals surface area (Å²) in [6.45, 7) is 1.79. The number of rotatable bonds is 2. The standard InChI is InChI=1S/C14H10BrClN2OS/c1-7(16)12-17-13(19)11-10(6-20-14(11)18-12)8-3-2-4-9(15)5-8/h2-7H,1H3,(H,17,18,19). The largest absolute Gasteiger partial charge is 0.309 e. The predicted molar refractivity (Wildman–Crippen MR) is 87.6 cm³/mol. The van der Waals surface area contributed by atoms with Gasteiger partial charge in [-0.25, -0.2) is 4.98 Å². The van der Waals surface area contributed by atoms with Crippen LogP contribution in [0.4, 0.5) is 0 Å². The van der Waals surface area contributed by atoms with E-state index in [-0.39, 0.29) is 10.9 Å². The van der Waals surface area contributed by atoms with Crippen molar-refractivity contribution in [2.24, 2.45) is 0 Å². The second-order valence-electron chi connectivity index (χ2n) is 4.41. The fourth-order valence-electron chi connectivity index (χ4n) is 2.02. The van der Waals surface area contributed by atoms with E-state index in [2.05, 4.69) is 25.9 Å². The molecule has 3 aromatic rings. The molecule has 0 amide bonds. The van der Waals surface area contributed by atoms with Crippen molar-refractivity contribution in [3.05, 3.63) is 50.3 Å². The monoisotopic (exact) mass is 368 g/mol. The minimum Gasteiger partial charge on any atom is -0.309 e. The Bertz CT molecular complexity index is 841. The van der Waals surface area contributed by atoms with Crippen LogP contribution in [0.3, 0.4) is 0 Å². The first-order chi connectivity index (χ1) is 9.56. The molecule has 1 N–H and O–H groups in total. The summed E-state index contributed by atoms with van der Waals surface area (Å²) in [6.07, 6.45) is 0. The molecule has 102 valence electrons. The number of hydrogen-bond acceptors (Lipinski definition) is 3. The van der Waals surface area contributed by atoms with Crippen LogP contribution in [0.2, 0.25) is 0 Å². The van der Waals surface area contributed by atoms with E-state index in [0.717, 1.165) is 15.6 Å². The molecule has 0 radical (unpaired) electrons. The lowest BCUT2D eigenvalue weighted by molar-refractivity contribution is 0.917. The zero-order valence-corrected chi connectivity index (χ0v) is 13.6. The summed E-state index contributed by atoms with van der Waals surface area (Å²) in [6, 6.07) is 7.86. The Labute approximate surface area is 132 Å². The quantitative estimate of drug-likeness (QED) is 0.665. The summed E-state index contributed by atoms with van der Waals surface area (Å²) < 4.78 is 0.977. The SMILES string of the molecule is CC(Cl)c1nc2scc(-c3cccc(Br)c3)c2c(=O)[nH]1. The molecule has 0 saturated heterocycles. The average molecular weight is 370 g/mol. The number of fused-ring (bicyclic) bond motifs is 1. The average Bonchev–Trinajstić information content (AvgIpc) is 2.83. The number of hydrogen-bond donors (Lipinski definition) is 1. The maximum atomic E-state index is 12.3. The number of aromatic nitrogens is 2. The highest BCUT2D eigenvalue weighted by Gasteiger charge is 2.14. The molecule has 2 aromatic heterocycles. The molecule has 0 saturated carbocycles. The molecule has 1 atom stereocenters. The summed E-state index contributed by atoms with van der Waals surface area (Å²) in [5.41, 5.74) is 1.74. The van der Waals surface area contributed by atoms with E-state index in [1.165, 1.54) is 11.3 Å². The van der Waals surface area contributed by atoms with Crippen LogP contribution in [0.15, 0.2) is 38.9 Å². The summed E-state index contributed by atoms with van der Waals surface area (Å²) in [4.78, 5) is 20.2. The number of halogens is 2. The molecule has 0 bridgehead atoms. The lowest BCUT2D eigenvalue weighted by Crippen LogP contribution is -2.11. The third kappa shape index (κ3) is 2.41. The fourth-order valence-corrected chi connectivity index (χ4v) is 3.48. The highest BCUT2D eigenvalue weighted by molar-refractivity contribution is 9.10. The lowest BCUT2D eigenvalue weighted by Gasteiger charge is -2.03. The van der Waals surface area contributed by atoms with Crippen LogP contribution < -0.4 is 5.56 Å². The molecule has 0 aliphatic heterocycles. The molecule has 0 spiro atoms. The Kier molecular flexibility index (Phi) is 3.67. The molecule has 0 aliphatic carbocycles. The zero-order chi connectivity index (χ0) is 14.3. The van der Waals surface area contributed by atoms with Crippen molar-refractivity contribution < 1.29 is 0 Å². The van der Waals surface area contributed by atoms with Crippen LogP contribution in [-0.4, -0.2) is 9.97 Å². The van der Waals surface area contributed by atoms with Gasteiger partial charge in [-0.2, -0.15) is 0 Å². The highest BCUT2D eigenvalue weighted by Crippen LogP contribution is 2.32. The number of thiophene rings is 1. The number of nitrogens with one attached hydrogen (secondary N) is 1. The maximum Gasteiger partial charge on any atom is 0.260 e. The molecule has 3 nitrogen and oxygen atoms in total. The second-order valence-corrected chi connectivity index (χ2v) is 6.84. The Morgan fingerprint density at radius 2 is 2.25 bits per heavy atom. The molecule has 1 aromatic carbocycles. The van der Waals surface area contributed by atoms with Gasteiger partial charge in [0, 0.05) is 15.4 Å². The van der Waals surface area contributed by atoms with Gasteiger partial charge >= 0.3 is 0 Å². The Balaban J connectivity index is 2.27. The summed E-state index contributed by atoms with van der Waals surface area (Å²) >= 11 is 10.9. The Morgan fingerprint density at radius 1 is 1.45 bits per heavy atom. The predicted octanol–water partition coefficient (Wildman–Crippen LogP) is 4.71. The number of alkyl halides is 1. The summed E-state index contributed by atoms with van der Waals surface area (Å²) in [7, 11) is 0. The van der Waals surface area contributed by atoms with E-state index in [1.54, 1.807) is 6.92 Å². The Hall–Kier alpha value is -1.17. The summed E-state index contributed by atoms with van der Waals surface area (Å²) in [5.74, 6) is 0.506. The van der Waals surface area contributed by atoms with E-state index >= 15 is 0 Å². The number of benzene rings is 1. The highest BCUT2D eigenvalue weighted by atomic mass is 79.9. The van der Waals surface area contributed by atoms with Gasteiger partial charge in [0.2, 0.25) is 0 Å². The molecular formula is C14H10BrClN2OS. The van der Waals surface area contributed by atoms with Crippen molar-refractivity contribution in [1.82, 2.24) is 9.97 Å². The molecule has 1 unspecified atom stereocenters. The lowest BCUT2D eigenvalue weighted by atomic mass is 10.1. The van der Waals surface area contributed by atoms with Crippen molar-refractivity contribution >= 4 is 49.1 Å². The van der Waals surface area contributed by atoms with Gasteiger partial charge in [0.1, 0.15) is 10.7 Å². The van der Waals surface area contributed by atoms with E-state index in [9.17, 15) is 4.79 Å². The molecule has 2 heterocycles. The van der Waals surface area contributed by atoms with Crippen LogP contribution in [0.1, 0.15) is 18.1 Å². The smallest absolute Gasteiger partial charge is 0.260 e. The third-order valence-electron chi connectivity index (χ3n) is 2.97. The number of H-pyrrole nitrogens is 1. The molecule has 0 fully saturated rings. The van der Waals surface area contributed by atoms with Gasteiger partial charge < -0.3 is 4.98 Å². The summed E-state index contributed by atoms with van der Waals surface area (Å²) in [5, 5.41) is 2.26. The minimum atomic E-state index is -0.316. The fraction of sp³-hybridized carbons (Fsp3) is 0.143. The van der Waals surface area contributed by atoms with E-state index in [0.29, 0.717) is 16.0 Å². The molecular weight excluding hydrogens is 360 g/mol. The van der Waals surface area contributed by atoms with Crippen molar-refractivity contribution in [2.75, 3.05) is 0 Å². The van der Waals surface area contributed by atoms with Crippen molar-refractivity contribution in [3.63, 3.8) is 0 Å². The van der Waals surface area contributed by atoms with Crippen molar-refractivity contribution in [3.8, 4) is 11.1 Å². The minimum absolute atomic E-state index is 0.145. The first kappa shape index (κ1) is 13.8. The number of nitrogens with zero attached hydrogens (tertiary/aromatic N) is 1. The van der Waals surface area contributed by atoms with Gasteiger partial charge in [-0.1, -0.05) is 28.1 Å². The van der Waals surface area contributed by atoms with Crippen molar-refractivity contribution in [2.45, 2.75) is 12.3 Å². The van der Waals surface area contributed by atoms with Crippen LogP contribution in [-0.2, 0) is 0 Å². The molecule has 6 heteroatoms. The normalized spacial score (nSPS) is 12.8. The van der Waals surface area contributed by atoms with Gasteiger partial charge in [0.25, 0.3) is 5.56 Å². The van der Waals surface area contributed by atoms with Gasteiger partial charge in [-0.15, -0.1) is 22.9 Å².